The van der Waals surface area contributed by atoms with Crippen LogP contribution < -0.4 is 15.5 Å². The summed E-state index contributed by atoms with van der Waals surface area (Å²) in [5.74, 6) is -0.209. The second-order valence-corrected chi connectivity index (χ2v) is 21.9. The second kappa shape index (κ2) is 23.1. The molecule has 0 unspecified atom stereocenters. The van der Waals surface area contributed by atoms with Crippen molar-refractivity contribution in [2.24, 2.45) is 5.41 Å². The van der Waals surface area contributed by atoms with E-state index in [1.54, 1.807) is 30.3 Å². The Morgan fingerprint density at radius 2 is 1.61 bits per heavy atom. The van der Waals surface area contributed by atoms with Gasteiger partial charge in [0, 0.05) is 95.9 Å². The number of aliphatic hydroxyl groups excluding tert-OH is 1. The fourth-order valence-corrected chi connectivity index (χ4v) is 11.0. The topological polar surface area (TPSA) is 199 Å². The number of hydrogen-bond acceptors (Lipinski definition) is 12. The number of carbonyl (C=O) groups excluding carboxylic acids is 5. The van der Waals surface area contributed by atoms with E-state index in [9.17, 15) is 29.1 Å². The standard InChI is InChI=1S/C54H71N11O6S/c1-35-48(72-34-58-35)37-19-17-36(18-20-37)30-57-51(69)43-29-42(66)33-64(43)53(71)49(54(2,3)4)60-46(67)15-9-7-8-10-16-47(68)63-25-23-62(24-26-63)41-22-21-39(55-32-41)28-45-56-31-38-27-44(52(70)61(5)6)65(50(38)59-45)40-13-11-12-14-40/h17-22,27,31-32,34,40,42-43,49,66H,7-16,23-26,28-30,33H2,1-6H3,(H,57,69)(H,60,67)/t42-,43+,49-/m1/s1. The fraction of sp³-hybridized carbons (Fsp3) is 0.537. The fourth-order valence-electron chi connectivity index (χ4n) is 10.2. The van der Waals surface area contributed by atoms with Gasteiger partial charge in [0.2, 0.25) is 23.6 Å². The number of β-amino-alcohol motifs (C(OH)–C–C–N with tert-alkyl or cyclic N) is 1. The van der Waals surface area contributed by atoms with Crippen molar-refractivity contribution in [1.29, 1.82) is 0 Å². The van der Waals surface area contributed by atoms with Gasteiger partial charge >= 0.3 is 0 Å². The van der Waals surface area contributed by atoms with Crippen LogP contribution in [0.5, 0.6) is 0 Å². The van der Waals surface area contributed by atoms with Gasteiger partial charge in [-0.3, -0.25) is 29.0 Å². The van der Waals surface area contributed by atoms with Crippen molar-refractivity contribution >= 4 is 57.6 Å². The van der Waals surface area contributed by atoms with Crippen molar-refractivity contribution in [2.75, 3.05) is 51.7 Å². The van der Waals surface area contributed by atoms with Gasteiger partial charge in [0.1, 0.15) is 29.2 Å². The number of piperazine rings is 1. The van der Waals surface area contributed by atoms with E-state index in [0.29, 0.717) is 57.0 Å². The van der Waals surface area contributed by atoms with Crippen molar-refractivity contribution in [2.45, 2.75) is 136 Å². The number of aliphatic hydroxyl groups is 1. The number of rotatable bonds is 18. The van der Waals surface area contributed by atoms with Gasteiger partial charge in [-0.25, -0.2) is 15.0 Å². The van der Waals surface area contributed by atoms with E-state index in [0.717, 1.165) is 89.1 Å². The van der Waals surface area contributed by atoms with E-state index < -0.39 is 23.6 Å². The van der Waals surface area contributed by atoms with Gasteiger partial charge in [-0.15, -0.1) is 11.3 Å². The molecule has 1 saturated carbocycles. The van der Waals surface area contributed by atoms with Crippen LogP contribution in [-0.2, 0) is 32.1 Å². The highest BCUT2D eigenvalue weighted by atomic mass is 32.1. The molecule has 4 aromatic heterocycles. The third kappa shape index (κ3) is 12.5. The molecule has 3 atom stereocenters. The quantitative estimate of drug-likeness (QED) is 0.0814. The minimum atomic E-state index is -0.888. The van der Waals surface area contributed by atoms with Crippen molar-refractivity contribution in [3.8, 4) is 10.4 Å². The summed E-state index contributed by atoms with van der Waals surface area (Å²) in [7, 11) is 3.55. The third-order valence-electron chi connectivity index (χ3n) is 14.3. The van der Waals surface area contributed by atoms with E-state index in [2.05, 4.69) is 36.1 Å². The zero-order valence-electron chi connectivity index (χ0n) is 42.7. The number of aromatic nitrogens is 5. The van der Waals surface area contributed by atoms with Crippen LogP contribution in [-0.4, -0.2) is 139 Å². The first-order valence-corrected chi connectivity index (χ1v) is 26.5. The molecule has 3 fully saturated rings. The number of amides is 5. The molecule has 8 rings (SSSR count). The summed E-state index contributed by atoms with van der Waals surface area (Å²) in [6.45, 7) is 10.6. The number of hydrogen-bond donors (Lipinski definition) is 3. The molecular weight excluding hydrogens is 931 g/mol. The molecule has 5 aromatic rings. The number of aryl methyl sites for hydroxylation is 1. The number of fused-ring (bicyclic) bond motifs is 1. The molecule has 3 N–H and O–H groups in total. The normalized spacial score (nSPS) is 17.9. The lowest BCUT2D eigenvalue weighted by Gasteiger charge is -2.36. The maximum absolute atomic E-state index is 14.1. The maximum Gasteiger partial charge on any atom is 0.270 e. The first-order chi connectivity index (χ1) is 34.5. The number of pyridine rings is 1. The number of carbonyl (C=O) groups is 5. The zero-order chi connectivity index (χ0) is 51.1. The number of unbranched alkanes of at least 4 members (excludes halogenated alkanes) is 3. The lowest BCUT2D eigenvalue weighted by molar-refractivity contribution is -0.144. The molecule has 5 amide bonds. The molecule has 384 valence electrons. The van der Waals surface area contributed by atoms with E-state index in [4.69, 9.17) is 9.97 Å². The Kier molecular flexibility index (Phi) is 16.7. The number of benzene rings is 1. The van der Waals surface area contributed by atoms with E-state index >= 15 is 0 Å². The SMILES string of the molecule is Cc1ncsc1-c1ccc(CNC(=O)[C@@H]2C[C@@H](O)CN2C(=O)[C@@H](NC(=O)CCCCCCC(=O)N2CCN(c3ccc(Cc4ncc5cc(C(=O)N(C)C)n(C6CCCC6)c5n4)nc3)CC2)C(C)(C)C)cc1. The average Bonchev–Trinajstić information content (AvgIpc) is 4.20. The average molecular weight is 1000 g/mol. The van der Waals surface area contributed by atoms with Gasteiger partial charge in [0.05, 0.1) is 40.5 Å². The molecule has 2 saturated heterocycles. The van der Waals surface area contributed by atoms with E-state index in [1.807, 2.05) is 86.9 Å². The minimum absolute atomic E-state index is 0.0130. The maximum atomic E-state index is 14.1. The summed E-state index contributed by atoms with van der Waals surface area (Å²) in [5, 5.41) is 17.4. The van der Waals surface area contributed by atoms with Crippen molar-refractivity contribution in [3.63, 3.8) is 0 Å². The zero-order valence-corrected chi connectivity index (χ0v) is 43.5. The van der Waals surface area contributed by atoms with Crippen molar-refractivity contribution in [3.05, 3.63) is 88.8 Å². The lowest BCUT2D eigenvalue weighted by Crippen LogP contribution is -2.57. The van der Waals surface area contributed by atoms with Crippen molar-refractivity contribution in [1.82, 2.24) is 49.8 Å². The smallest absolute Gasteiger partial charge is 0.270 e. The summed E-state index contributed by atoms with van der Waals surface area (Å²) in [6.07, 6.45) is 11.4. The molecule has 1 aromatic carbocycles. The highest BCUT2D eigenvalue weighted by Crippen LogP contribution is 2.35. The lowest BCUT2D eigenvalue weighted by atomic mass is 9.85. The van der Waals surface area contributed by atoms with Crippen molar-refractivity contribution < 1.29 is 29.1 Å². The molecule has 2 aliphatic heterocycles. The van der Waals surface area contributed by atoms with E-state index in [-0.39, 0.29) is 61.5 Å². The summed E-state index contributed by atoms with van der Waals surface area (Å²) < 4.78 is 2.13. The Labute approximate surface area is 426 Å². The van der Waals surface area contributed by atoms with Crippen LogP contribution in [0.3, 0.4) is 0 Å². The number of thiazole rings is 1. The van der Waals surface area contributed by atoms with Crippen LogP contribution in [0, 0.1) is 12.3 Å². The molecule has 17 nitrogen and oxygen atoms in total. The number of nitrogens with one attached hydrogen (secondary N) is 2. The number of nitrogens with zero attached hydrogens (tertiary/aromatic N) is 9. The van der Waals surface area contributed by atoms with Gasteiger partial charge in [0.25, 0.3) is 5.91 Å². The van der Waals surface area contributed by atoms with Gasteiger partial charge in [-0.1, -0.05) is 70.7 Å². The molecule has 0 spiro atoms. The molecule has 72 heavy (non-hydrogen) atoms. The van der Waals surface area contributed by atoms with Gasteiger partial charge in [-0.05, 0) is 67.3 Å². The summed E-state index contributed by atoms with van der Waals surface area (Å²) >= 11 is 1.58. The summed E-state index contributed by atoms with van der Waals surface area (Å²) in [5.41, 5.74) is 7.43. The Hall–Kier alpha value is -6.27. The Bertz CT molecular complexity index is 2700. The Morgan fingerprint density at radius 3 is 2.26 bits per heavy atom. The van der Waals surface area contributed by atoms with Crippen LogP contribution in [0.1, 0.15) is 131 Å². The van der Waals surface area contributed by atoms with Gasteiger partial charge in [-0.2, -0.15) is 0 Å². The van der Waals surface area contributed by atoms with Gasteiger partial charge in [0.15, 0.2) is 0 Å². The Morgan fingerprint density at radius 1 is 0.889 bits per heavy atom. The molecular formula is C54H71N11O6S. The predicted molar refractivity (Wildman–Crippen MR) is 278 cm³/mol. The predicted octanol–water partition coefficient (Wildman–Crippen LogP) is 6.46. The van der Waals surface area contributed by atoms with Crippen LogP contribution in [0.25, 0.3) is 21.5 Å². The number of anilines is 1. The Balaban J connectivity index is 0.737. The number of likely N-dealkylation sites (tertiary alicyclic amines) is 1. The summed E-state index contributed by atoms with van der Waals surface area (Å²) in [6, 6.07) is 12.4. The van der Waals surface area contributed by atoms with Crippen LogP contribution in [0.2, 0.25) is 0 Å². The third-order valence-corrected chi connectivity index (χ3v) is 15.3. The van der Waals surface area contributed by atoms with Gasteiger partial charge < -0.3 is 39.9 Å². The molecule has 18 heteroatoms. The first-order valence-electron chi connectivity index (χ1n) is 25.6. The monoisotopic (exact) mass is 1000 g/mol. The highest BCUT2D eigenvalue weighted by Gasteiger charge is 2.44. The molecule has 1 aliphatic carbocycles. The molecule has 6 heterocycles. The van der Waals surface area contributed by atoms with Crippen LogP contribution >= 0.6 is 11.3 Å². The van der Waals surface area contributed by atoms with Crippen LogP contribution in [0.4, 0.5) is 5.69 Å². The minimum Gasteiger partial charge on any atom is -0.391 e. The first kappa shape index (κ1) is 52.1. The largest absolute Gasteiger partial charge is 0.391 e. The molecule has 0 radical (unpaired) electrons. The van der Waals surface area contributed by atoms with E-state index in [1.165, 1.54) is 4.90 Å². The highest BCUT2D eigenvalue weighted by molar-refractivity contribution is 7.13. The molecule has 3 aliphatic rings. The van der Waals surface area contributed by atoms with Crippen LogP contribution in [0.15, 0.2) is 60.4 Å². The second-order valence-electron chi connectivity index (χ2n) is 21.0. The summed E-state index contributed by atoms with van der Waals surface area (Å²) in [4.78, 5) is 94.1. The molecule has 0 bridgehead atoms.